The van der Waals surface area contributed by atoms with Crippen molar-refractivity contribution in [2.75, 3.05) is 6.61 Å². The zero-order valence-corrected chi connectivity index (χ0v) is 14.5. The Bertz CT molecular complexity index is 496. The highest BCUT2D eigenvalue weighted by Gasteiger charge is 2.21. The predicted molar refractivity (Wildman–Crippen MR) is 90.7 cm³/mol. The van der Waals surface area contributed by atoms with Gasteiger partial charge in [0, 0.05) is 0 Å². The Morgan fingerprint density at radius 2 is 1.57 bits per heavy atom. The first-order valence-electron chi connectivity index (χ1n) is 8.61. The van der Waals surface area contributed by atoms with E-state index in [9.17, 15) is 9.59 Å². The standard InChI is InChI=1S/C19H28O4/c1-4-7-11-15(10-5-2)23-19(21)17-13-9-8-12-16(17)18(20)22-14-6-3/h8-9,12-13,15H,4-7,10-11,14H2,1-3H3. The smallest absolute Gasteiger partial charge is 0.339 e. The summed E-state index contributed by atoms with van der Waals surface area (Å²) in [5.74, 6) is -0.913. The molecule has 1 aromatic carbocycles. The van der Waals surface area contributed by atoms with Crippen LogP contribution in [0.2, 0.25) is 0 Å². The van der Waals surface area contributed by atoms with Gasteiger partial charge in [0.2, 0.25) is 0 Å². The third-order valence-corrected chi connectivity index (χ3v) is 3.57. The Balaban J connectivity index is 2.83. The summed E-state index contributed by atoms with van der Waals surface area (Å²) in [6.45, 7) is 6.46. The van der Waals surface area contributed by atoms with Gasteiger partial charge in [-0.25, -0.2) is 9.59 Å². The molecule has 4 heteroatoms. The van der Waals surface area contributed by atoms with Crippen LogP contribution in [0.4, 0.5) is 0 Å². The van der Waals surface area contributed by atoms with E-state index in [1.165, 1.54) is 0 Å². The normalized spacial score (nSPS) is 11.8. The average molecular weight is 320 g/mol. The monoisotopic (exact) mass is 320 g/mol. The van der Waals surface area contributed by atoms with E-state index in [0.717, 1.165) is 38.5 Å². The summed E-state index contributed by atoms with van der Waals surface area (Å²) >= 11 is 0. The number of benzene rings is 1. The topological polar surface area (TPSA) is 52.6 Å². The quantitative estimate of drug-likeness (QED) is 0.583. The first-order valence-corrected chi connectivity index (χ1v) is 8.61. The number of rotatable bonds is 10. The van der Waals surface area contributed by atoms with Crippen LogP contribution in [-0.4, -0.2) is 24.6 Å². The lowest BCUT2D eigenvalue weighted by Crippen LogP contribution is -2.21. The minimum atomic E-state index is -0.472. The molecule has 0 fully saturated rings. The van der Waals surface area contributed by atoms with Crippen molar-refractivity contribution in [3.63, 3.8) is 0 Å². The highest BCUT2D eigenvalue weighted by atomic mass is 16.5. The molecule has 0 aliphatic rings. The molecule has 0 heterocycles. The average Bonchev–Trinajstić information content (AvgIpc) is 2.57. The molecule has 1 atom stereocenters. The lowest BCUT2D eigenvalue weighted by atomic mass is 10.1. The largest absolute Gasteiger partial charge is 0.462 e. The van der Waals surface area contributed by atoms with Crippen molar-refractivity contribution < 1.29 is 19.1 Å². The van der Waals surface area contributed by atoms with E-state index >= 15 is 0 Å². The second-order valence-electron chi connectivity index (χ2n) is 5.64. The fraction of sp³-hybridized carbons (Fsp3) is 0.579. The molecule has 128 valence electrons. The molecule has 1 aromatic rings. The van der Waals surface area contributed by atoms with Gasteiger partial charge in [-0.2, -0.15) is 0 Å². The minimum absolute atomic E-state index is 0.0906. The summed E-state index contributed by atoms with van der Waals surface area (Å²) in [4.78, 5) is 24.5. The zero-order chi connectivity index (χ0) is 17.1. The summed E-state index contributed by atoms with van der Waals surface area (Å²) in [6, 6.07) is 6.68. The lowest BCUT2D eigenvalue weighted by Gasteiger charge is -2.18. The Kier molecular flexibility index (Phi) is 9.03. The third kappa shape index (κ3) is 6.43. The summed E-state index contributed by atoms with van der Waals surface area (Å²) in [7, 11) is 0. The molecule has 1 rings (SSSR count). The number of unbranched alkanes of at least 4 members (excludes halogenated alkanes) is 1. The Labute approximate surface area is 139 Å². The van der Waals surface area contributed by atoms with Gasteiger partial charge >= 0.3 is 11.9 Å². The second-order valence-corrected chi connectivity index (χ2v) is 5.64. The van der Waals surface area contributed by atoms with Gasteiger partial charge in [0.15, 0.2) is 0 Å². The van der Waals surface area contributed by atoms with Crippen molar-refractivity contribution in [2.24, 2.45) is 0 Å². The molecule has 0 N–H and O–H groups in total. The van der Waals surface area contributed by atoms with Gasteiger partial charge in [-0.3, -0.25) is 0 Å². The number of hydrogen-bond donors (Lipinski definition) is 0. The number of carbonyl (C=O) groups excluding carboxylic acids is 2. The summed E-state index contributed by atoms with van der Waals surface area (Å²) < 4.78 is 10.8. The van der Waals surface area contributed by atoms with Gasteiger partial charge in [0.25, 0.3) is 0 Å². The van der Waals surface area contributed by atoms with Crippen LogP contribution in [-0.2, 0) is 9.47 Å². The Hall–Kier alpha value is -1.84. The Morgan fingerprint density at radius 1 is 0.913 bits per heavy atom. The highest BCUT2D eigenvalue weighted by molar-refractivity contribution is 6.03. The van der Waals surface area contributed by atoms with E-state index in [4.69, 9.17) is 9.47 Å². The van der Waals surface area contributed by atoms with Crippen LogP contribution >= 0.6 is 0 Å². The van der Waals surface area contributed by atoms with Crippen LogP contribution < -0.4 is 0 Å². The van der Waals surface area contributed by atoms with Gasteiger partial charge in [-0.15, -0.1) is 0 Å². The van der Waals surface area contributed by atoms with E-state index in [2.05, 4.69) is 13.8 Å². The molecule has 0 bridgehead atoms. The Morgan fingerprint density at radius 3 is 2.13 bits per heavy atom. The highest BCUT2D eigenvalue weighted by Crippen LogP contribution is 2.17. The van der Waals surface area contributed by atoms with Gasteiger partial charge in [0.05, 0.1) is 17.7 Å². The molecule has 0 amide bonds. The molecule has 0 spiro atoms. The number of carbonyl (C=O) groups is 2. The maximum absolute atomic E-state index is 12.5. The van der Waals surface area contributed by atoms with Crippen LogP contribution in [0.5, 0.6) is 0 Å². The van der Waals surface area contributed by atoms with Crippen molar-refractivity contribution in [2.45, 2.75) is 65.4 Å². The molecule has 4 nitrogen and oxygen atoms in total. The second kappa shape index (κ2) is 10.8. The molecule has 0 aliphatic carbocycles. The van der Waals surface area contributed by atoms with E-state index < -0.39 is 11.9 Å². The maximum Gasteiger partial charge on any atom is 0.339 e. The SMILES string of the molecule is CCCCC(CCC)OC(=O)c1ccccc1C(=O)OCCC. The van der Waals surface area contributed by atoms with Crippen LogP contribution in [0.3, 0.4) is 0 Å². The van der Waals surface area contributed by atoms with Crippen molar-refractivity contribution in [1.29, 1.82) is 0 Å². The van der Waals surface area contributed by atoms with Crippen molar-refractivity contribution in [1.82, 2.24) is 0 Å². The molecule has 0 aliphatic heterocycles. The lowest BCUT2D eigenvalue weighted by molar-refractivity contribution is 0.0246. The van der Waals surface area contributed by atoms with Crippen molar-refractivity contribution >= 4 is 11.9 Å². The molecule has 0 aromatic heterocycles. The van der Waals surface area contributed by atoms with E-state index in [1.807, 2.05) is 6.92 Å². The fourth-order valence-corrected chi connectivity index (χ4v) is 2.34. The van der Waals surface area contributed by atoms with Gasteiger partial charge in [-0.05, 0) is 31.4 Å². The molecule has 0 saturated carbocycles. The van der Waals surface area contributed by atoms with E-state index in [1.54, 1.807) is 24.3 Å². The third-order valence-electron chi connectivity index (χ3n) is 3.57. The number of hydrogen-bond acceptors (Lipinski definition) is 4. The first-order chi connectivity index (χ1) is 11.1. The first kappa shape index (κ1) is 19.2. The summed E-state index contributed by atoms with van der Waals surface area (Å²) in [6.07, 6.45) is 5.41. The van der Waals surface area contributed by atoms with Gasteiger partial charge in [0.1, 0.15) is 6.10 Å². The van der Waals surface area contributed by atoms with Crippen LogP contribution in [0.1, 0.15) is 80.0 Å². The fourth-order valence-electron chi connectivity index (χ4n) is 2.34. The van der Waals surface area contributed by atoms with Gasteiger partial charge < -0.3 is 9.47 Å². The zero-order valence-electron chi connectivity index (χ0n) is 14.5. The number of esters is 2. The summed E-state index contributed by atoms with van der Waals surface area (Å²) in [5, 5.41) is 0. The molecule has 1 unspecified atom stereocenters. The van der Waals surface area contributed by atoms with Gasteiger partial charge in [-0.1, -0.05) is 52.2 Å². The maximum atomic E-state index is 12.5. The molecule has 23 heavy (non-hydrogen) atoms. The minimum Gasteiger partial charge on any atom is -0.462 e. The van der Waals surface area contributed by atoms with E-state index in [-0.39, 0.29) is 17.2 Å². The molecule has 0 radical (unpaired) electrons. The van der Waals surface area contributed by atoms with Crippen LogP contribution in [0, 0.1) is 0 Å². The molecule has 0 saturated heterocycles. The van der Waals surface area contributed by atoms with Crippen molar-refractivity contribution in [3.8, 4) is 0 Å². The van der Waals surface area contributed by atoms with Crippen LogP contribution in [0.25, 0.3) is 0 Å². The van der Waals surface area contributed by atoms with E-state index in [0.29, 0.717) is 6.61 Å². The van der Waals surface area contributed by atoms with Crippen molar-refractivity contribution in [3.05, 3.63) is 35.4 Å². The van der Waals surface area contributed by atoms with Crippen LogP contribution in [0.15, 0.2) is 24.3 Å². The molecular weight excluding hydrogens is 292 g/mol. The predicted octanol–water partition coefficient (Wildman–Crippen LogP) is 4.77. The molecular formula is C19H28O4. The number of ether oxygens (including phenoxy) is 2. The summed E-state index contributed by atoms with van der Waals surface area (Å²) in [5.41, 5.74) is 0.558.